The molecular weight excluding hydrogens is 507 g/mol. The van der Waals surface area contributed by atoms with Crippen LogP contribution in [0.15, 0.2) is 41.1 Å². The van der Waals surface area contributed by atoms with Gasteiger partial charge in [0.25, 0.3) is 0 Å². The van der Waals surface area contributed by atoms with Crippen LogP contribution in [-0.2, 0) is 27.3 Å². The predicted molar refractivity (Wildman–Crippen MR) is 115 cm³/mol. The van der Waals surface area contributed by atoms with Gasteiger partial charge < -0.3 is 9.64 Å². The third-order valence-corrected chi connectivity index (χ3v) is 5.92. The van der Waals surface area contributed by atoms with Crippen molar-refractivity contribution >= 4 is 38.8 Å². The Morgan fingerprint density at radius 3 is 2.76 bits per heavy atom. The van der Waals surface area contributed by atoms with E-state index in [2.05, 4.69) is 41.2 Å². The number of carbonyl (C=O) groups is 2. The number of fused-ring (bicyclic) bond motifs is 3. The lowest BCUT2D eigenvalue weighted by atomic mass is 9.97. The molecule has 1 atom stereocenters. The molecule has 1 amide bonds. The second kappa shape index (κ2) is 9.48. The van der Waals surface area contributed by atoms with Crippen LogP contribution in [0.25, 0.3) is 11.0 Å². The fraction of sp³-hybridized carbons (Fsp3) is 0.333. The fourth-order valence-electron chi connectivity index (χ4n) is 3.80. The van der Waals surface area contributed by atoms with Crippen molar-refractivity contribution in [1.82, 2.24) is 25.4 Å². The van der Waals surface area contributed by atoms with Crippen LogP contribution in [0.4, 0.5) is 13.2 Å². The minimum absolute atomic E-state index is 0.123. The van der Waals surface area contributed by atoms with Gasteiger partial charge in [-0.15, -0.1) is 0 Å². The average molecular weight is 526 g/mol. The van der Waals surface area contributed by atoms with E-state index in [4.69, 9.17) is 0 Å². The van der Waals surface area contributed by atoms with Crippen LogP contribution in [0.1, 0.15) is 22.7 Å². The van der Waals surface area contributed by atoms with Crippen molar-refractivity contribution in [2.24, 2.45) is 0 Å². The molecule has 1 aliphatic rings. The van der Waals surface area contributed by atoms with Crippen LogP contribution >= 0.6 is 15.9 Å². The van der Waals surface area contributed by atoms with Gasteiger partial charge in [-0.3, -0.25) is 15.2 Å². The van der Waals surface area contributed by atoms with Crippen molar-refractivity contribution in [2.45, 2.75) is 25.2 Å². The number of nitrogens with one attached hydrogen (secondary N) is 2. The molecule has 12 heteroatoms. The highest BCUT2D eigenvalue weighted by molar-refractivity contribution is 9.10. The van der Waals surface area contributed by atoms with Crippen LogP contribution in [0, 0.1) is 0 Å². The number of carbonyl (C=O) groups excluding carboxylic acids is 2. The van der Waals surface area contributed by atoms with E-state index in [1.54, 1.807) is 41.4 Å². The van der Waals surface area contributed by atoms with E-state index in [9.17, 15) is 22.8 Å². The lowest BCUT2D eigenvalue weighted by Gasteiger charge is -2.32. The first kappa shape index (κ1) is 23.2. The van der Waals surface area contributed by atoms with E-state index in [0.717, 1.165) is 16.5 Å². The van der Waals surface area contributed by atoms with Crippen molar-refractivity contribution in [3.63, 3.8) is 0 Å². The minimum atomic E-state index is -5.06. The Bertz CT molecular complexity index is 1170. The number of H-pyrrole nitrogens is 1. The normalized spacial score (nSPS) is 14.7. The second-order valence-electron chi connectivity index (χ2n) is 7.44. The number of pyridine rings is 1. The molecule has 1 aromatic carbocycles. The lowest BCUT2D eigenvalue weighted by Crippen LogP contribution is -2.44. The maximum absolute atomic E-state index is 13.4. The van der Waals surface area contributed by atoms with E-state index < -0.39 is 24.8 Å². The van der Waals surface area contributed by atoms with Gasteiger partial charge in [0.15, 0.2) is 5.65 Å². The Hall–Kier alpha value is -2.99. The lowest BCUT2D eigenvalue weighted by molar-refractivity contribution is -0.199. The standard InChI is InChI=1S/C21H19BrF3N5O3/c22-17-15-14-6-8-30(11-13(14)10-27-18(15)29-28-17)19(31)16(12-4-2-1-3-5-12)26-7-9-33-20(32)21(23,24)25/h1-5,10,16,26H,6-9,11H2,(H,27,28,29). The molecule has 3 aromatic rings. The van der Waals surface area contributed by atoms with Gasteiger partial charge in [0.05, 0.1) is 5.39 Å². The second-order valence-corrected chi connectivity index (χ2v) is 8.19. The van der Waals surface area contributed by atoms with Crippen molar-refractivity contribution in [3.05, 3.63) is 57.8 Å². The molecule has 0 bridgehead atoms. The summed E-state index contributed by atoms with van der Waals surface area (Å²) in [5.41, 5.74) is 3.28. The first-order chi connectivity index (χ1) is 15.8. The highest BCUT2D eigenvalue weighted by Crippen LogP contribution is 2.31. The van der Waals surface area contributed by atoms with Crippen LogP contribution in [-0.4, -0.2) is 57.8 Å². The molecule has 2 N–H and O–H groups in total. The number of hydrogen-bond acceptors (Lipinski definition) is 6. The molecule has 2 aromatic heterocycles. The van der Waals surface area contributed by atoms with Gasteiger partial charge in [-0.2, -0.15) is 18.3 Å². The monoisotopic (exact) mass is 525 g/mol. The number of aromatic amines is 1. The number of rotatable bonds is 6. The van der Waals surface area contributed by atoms with Crippen molar-refractivity contribution < 1.29 is 27.5 Å². The Kier molecular flexibility index (Phi) is 6.66. The van der Waals surface area contributed by atoms with Crippen LogP contribution in [0.3, 0.4) is 0 Å². The first-order valence-corrected chi connectivity index (χ1v) is 10.9. The number of benzene rings is 1. The molecule has 0 saturated carbocycles. The molecular formula is C21H19BrF3N5O3. The largest absolute Gasteiger partial charge is 0.490 e. The zero-order chi connectivity index (χ0) is 23.6. The zero-order valence-electron chi connectivity index (χ0n) is 17.2. The maximum atomic E-state index is 13.4. The summed E-state index contributed by atoms with van der Waals surface area (Å²) in [7, 11) is 0. The molecule has 4 rings (SSSR count). The number of aromatic nitrogens is 3. The van der Waals surface area contributed by atoms with Gasteiger partial charge in [-0.25, -0.2) is 9.78 Å². The predicted octanol–water partition coefficient (Wildman–Crippen LogP) is 3.04. The summed E-state index contributed by atoms with van der Waals surface area (Å²) in [5.74, 6) is -2.50. The molecule has 8 nitrogen and oxygen atoms in total. The van der Waals surface area contributed by atoms with Gasteiger partial charge in [0, 0.05) is 25.8 Å². The average Bonchev–Trinajstić information content (AvgIpc) is 3.19. The molecule has 33 heavy (non-hydrogen) atoms. The van der Waals surface area contributed by atoms with E-state index >= 15 is 0 Å². The quantitative estimate of drug-likeness (QED) is 0.379. The van der Waals surface area contributed by atoms with E-state index in [1.165, 1.54) is 0 Å². The van der Waals surface area contributed by atoms with E-state index in [1.807, 2.05) is 0 Å². The number of esters is 1. The van der Waals surface area contributed by atoms with Gasteiger partial charge in [-0.1, -0.05) is 30.3 Å². The van der Waals surface area contributed by atoms with Crippen LogP contribution in [0.5, 0.6) is 0 Å². The Balaban J connectivity index is 1.48. The first-order valence-electron chi connectivity index (χ1n) is 10.1. The summed E-state index contributed by atoms with van der Waals surface area (Å²) in [6.45, 7) is 0.148. The Morgan fingerprint density at radius 2 is 2.03 bits per heavy atom. The van der Waals surface area contributed by atoms with Gasteiger partial charge >= 0.3 is 12.1 Å². The summed E-state index contributed by atoms with van der Waals surface area (Å²) < 4.78 is 41.9. The van der Waals surface area contributed by atoms with Crippen molar-refractivity contribution in [2.75, 3.05) is 19.7 Å². The smallest absolute Gasteiger partial charge is 0.458 e. The molecule has 0 fully saturated rings. The fourth-order valence-corrected chi connectivity index (χ4v) is 4.32. The third kappa shape index (κ3) is 5.01. The summed E-state index contributed by atoms with van der Waals surface area (Å²) in [6.07, 6.45) is -2.74. The van der Waals surface area contributed by atoms with Crippen LogP contribution in [0.2, 0.25) is 0 Å². The van der Waals surface area contributed by atoms with E-state index in [0.29, 0.717) is 35.3 Å². The summed E-state index contributed by atoms with van der Waals surface area (Å²) in [6, 6.07) is 8.03. The molecule has 1 aliphatic heterocycles. The highest BCUT2D eigenvalue weighted by Gasteiger charge is 2.40. The number of hydrogen-bond donors (Lipinski definition) is 2. The van der Waals surface area contributed by atoms with Crippen molar-refractivity contribution in [3.8, 4) is 0 Å². The number of halogens is 4. The number of nitrogens with zero attached hydrogens (tertiary/aromatic N) is 3. The molecule has 174 valence electrons. The summed E-state index contributed by atoms with van der Waals surface area (Å²) in [4.78, 5) is 30.4. The molecule has 0 spiro atoms. The van der Waals surface area contributed by atoms with Gasteiger partial charge in [-0.05, 0) is 39.0 Å². The minimum Gasteiger partial charge on any atom is -0.458 e. The molecule has 3 heterocycles. The molecule has 0 aliphatic carbocycles. The van der Waals surface area contributed by atoms with Crippen molar-refractivity contribution in [1.29, 1.82) is 0 Å². The Morgan fingerprint density at radius 1 is 1.27 bits per heavy atom. The Labute approximate surface area is 194 Å². The topological polar surface area (TPSA) is 100 Å². The number of amides is 1. The molecule has 0 radical (unpaired) electrons. The molecule has 1 unspecified atom stereocenters. The summed E-state index contributed by atoms with van der Waals surface area (Å²) in [5, 5.41) is 10.8. The SMILES string of the molecule is O=C(C(NCCOC(=O)C(F)(F)F)c1ccccc1)N1CCc2c(cnc3[nH]nc(Br)c23)C1. The van der Waals surface area contributed by atoms with E-state index in [-0.39, 0.29) is 12.5 Å². The molecule has 0 saturated heterocycles. The zero-order valence-corrected chi connectivity index (χ0v) is 18.7. The third-order valence-electron chi connectivity index (χ3n) is 5.34. The summed E-state index contributed by atoms with van der Waals surface area (Å²) >= 11 is 3.42. The number of ether oxygens (including phenoxy) is 1. The highest BCUT2D eigenvalue weighted by atomic mass is 79.9. The maximum Gasteiger partial charge on any atom is 0.490 e. The van der Waals surface area contributed by atoms with Gasteiger partial charge in [0.1, 0.15) is 17.3 Å². The van der Waals surface area contributed by atoms with Crippen LogP contribution < -0.4 is 5.32 Å². The van der Waals surface area contributed by atoms with Gasteiger partial charge in [0.2, 0.25) is 5.91 Å². The number of alkyl halides is 3.